The fourth-order valence-corrected chi connectivity index (χ4v) is 2.91. The zero-order valence-electron chi connectivity index (χ0n) is 13.1. The number of hydrogen-bond acceptors (Lipinski definition) is 4. The summed E-state index contributed by atoms with van der Waals surface area (Å²) in [5.74, 6) is 1.58. The highest BCUT2D eigenvalue weighted by Gasteiger charge is 2.28. The van der Waals surface area contributed by atoms with E-state index >= 15 is 0 Å². The van der Waals surface area contributed by atoms with Crippen LogP contribution in [0.3, 0.4) is 0 Å². The van der Waals surface area contributed by atoms with Gasteiger partial charge in [0.2, 0.25) is 0 Å². The highest BCUT2D eigenvalue weighted by atomic mass is 32.1. The average Bonchev–Trinajstić information content (AvgIpc) is 2.70. The van der Waals surface area contributed by atoms with Gasteiger partial charge in [-0.2, -0.15) is 0 Å². The van der Waals surface area contributed by atoms with E-state index < -0.39 is 0 Å². The third-order valence-electron chi connectivity index (χ3n) is 4.34. The summed E-state index contributed by atoms with van der Waals surface area (Å²) in [6.07, 6.45) is 0. The van der Waals surface area contributed by atoms with E-state index in [1.165, 1.54) is 0 Å². The predicted octanol–water partition coefficient (Wildman–Crippen LogP) is 1.64. The van der Waals surface area contributed by atoms with Crippen molar-refractivity contribution in [2.45, 2.75) is 33.7 Å². The van der Waals surface area contributed by atoms with Crippen molar-refractivity contribution in [1.82, 2.24) is 9.80 Å². The Kier molecular flexibility index (Phi) is 4.68. The van der Waals surface area contributed by atoms with Gasteiger partial charge < -0.3 is 15.1 Å². The van der Waals surface area contributed by atoms with Crippen LogP contribution in [0.5, 0.6) is 0 Å². The molecule has 1 amide bonds. The number of aryl methyl sites for hydroxylation is 2. The van der Waals surface area contributed by atoms with Crippen molar-refractivity contribution in [1.29, 1.82) is 0 Å². The molecular formula is C15H23N3O2S. The van der Waals surface area contributed by atoms with Crippen molar-refractivity contribution in [2.75, 3.05) is 26.2 Å². The molecule has 2 N–H and O–H groups in total. The number of amides is 1. The molecule has 116 valence electrons. The maximum absolute atomic E-state index is 12.7. The van der Waals surface area contributed by atoms with Crippen LogP contribution in [-0.4, -0.2) is 52.9 Å². The number of thiocarbonyl (C=S) groups is 1. The third-order valence-corrected chi connectivity index (χ3v) is 4.68. The first-order chi connectivity index (χ1) is 9.82. The molecule has 0 aliphatic carbocycles. The van der Waals surface area contributed by atoms with Gasteiger partial charge in [-0.3, -0.25) is 9.69 Å². The Balaban J connectivity index is 2.05. The molecule has 5 nitrogen and oxygen atoms in total. The molecule has 0 radical (unpaired) electrons. The van der Waals surface area contributed by atoms with Crippen LogP contribution in [0.15, 0.2) is 4.42 Å². The number of nitrogens with zero attached hydrogens (tertiary/aromatic N) is 2. The lowest BCUT2D eigenvalue weighted by Gasteiger charge is -2.37. The second-order valence-electron chi connectivity index (χ2n) is 5.62. The summed E-state index contributed by atoms with van der Waals surface area (Å²) in [6, 6.07) is 0.0805. The molecule has 0 bridgehead atoms. The van der Waals surface area contributed by atoms with Gasteiger partial charge >= 0.3 is 0 Å². The van der Waals surface area contributed by atoms with Crippen LogP contribution in [-0.2, 0) is 0 Å². The Hall–Kier alpha value is -1.40. The molecule has 0 saturated carbocycles. The Bertz CT molecular complexity index is 560. The molecule has 21 heavy (non-hydrogen) atoms. The number of hydrogen-bond donors (Lipinski definition) is 1. The molecule has 6 heteroatoms. The standard InChI is InChI=1S/C15H23N3O2S/c1-9-11(3)20-12(4)13(9)15(19)18-7-5-17(6-8-18)10(2)14(16)21/h10H,5-8H2,1-4H3,(H2,16,21). The highest BCUT2D eigenvalue weighted by molar-refractivity contribution is 7.80. The summed E-state index contributed by atoms with van der Waals surface area (Å²) in [6.45, 7) is 10.6. The first-order valence-electron chi connectivity index (χ1n) is 7.22. The molecule has 0 spiro atoms. The summed E-state index contributed by atoms with van der Waals surface area (Å²) in [5, 5.41) is 0. The Morgan fingerprint density at radius 3 is 2.19 bits per heavy atom. The predicted molar refractivity (Wildman–Crippen MR) is 86.6 cm³/mol. The number of carbonyl (C=O) groups excluding carboxylic acids is 1. The SMILES string of the molecule is Cc1oc(C)c(C(=O)N2CCN(C(C)C(N)=S)CC2)c1C. The summed E-state index contributed by atoms with van der Waals surface area (Å²) in [4.78, 5) is 17.3. The monoisotopic (exact) mass is 309 g/mol. The highest BCUT2D eigenvalue weighted by Crippen LogP contribution is 2.23. The smallest absolute Gasteiger partial charge is 0.257 e. The van der Waals surface area contributed by atoms with E-state index in [4.69, 9.17) is 22.4 Å². The van der Waals surface area contributed by atoms with Crippen molar-refractivity contribution >= 4 is 23.1 Å². The summed E-state index contributed by atoms with van der Waals surface area (Å²) in [7, 11) is 0. The maximum atomic E-state index is 12.7. The molecular weight excluding hydrogens is 286 g/mol. The zero-order chi connectivity index (χ0) is 15.7. The van der Waals surface area contributed by atoms with Crippen LogP contribution in [0.4, 0.5) is 0 Å². The van der Waals surface area contributed by atoms with Crippen molar-refractivity contribution < 1.29 is 9.21 Å². The molecule has 1 aromatic heterocycles. The van der Waals surface area contributed by atoms with Gasteiger partial charge in [0.05, 0.1) is 16.6 Å². The molecule has 1 fully saturated rings. The van der Waals surface area contributed by atoms with Gasteiger partial charge in [0.15, 0.2) is 0 Å². The Labute approximate surface area is 131 Å². The van der Waals surface area contributed by atoms with Crippen molar-refractivity contribution in [3.05, 3.63) is 22.6 Å². The lowest BCUT2D eigenvalue weighted by atomic mass is 10.1. The third kappa shape index (κ3) is 3.11. The minimum Gasteiger partial charge on any atom is -0.466 e. The molecule has 1 atom stereocenters. The summed E-state index contributed by atoms with van der Waals surface area (Å²) >= 11 is 5.04. The van der Waals surface area contributed by atoms with E-state index in [-0.39, 0.29) is 11.9 Å². The number of nitrogens with two attached hydrogens (primary N) is 1. The van der Waals surface area contributed by atoms with Crippen LogP contribution in [0.2, 0.25) is 0 Å². The van der Waals surface area contributed by atoms with E-state index in [0.717, 1.165) is 24.4 Å². The second kappa shape index (κ2) is 6.15. The van der Waals surface area contributed by atoms with Gasteiger partial charge in [0.25, 0.3) is 5.91 Å². The number of carbonyl (C=O) groups is 1. The van der Waals surface area contributed by atoms with Crippen molar-refractivity contribution in [3.63, 3.8) is 0 Å². The molecule has 1 aliphatic rings. The maximum Gasteiger partial charge on any atom is 0.257 e. The fourth-order valence-electron chi connectivity index (χ4n) is 2.76. The fraction of sp³-hybridized carbons (Fsp3) is 0.600. The van der Waals surface area contributed by atoms with Crippen LogP contribution in [0, 0.1) is 20.8 Å². The summed E-state index contributed by atoms with van der Waals surface area (Å²) in [5.41, 5.74) is 7.34. The van der Waals surface area contributed by atoms with Crippen LogP contribution >= 0.6 is 12.2 Å². The van der Waals surface area contributed by atoms with E-state index in [2.05, 4.69) is 4.90 Å². The molecule has 1 saturated heterocycles. The van der Waals surface area contributed by atoms with Gasteiger partial charge in [-0.05, 0) is 27.7 Å². The molecule has 2 rings (SSSR count). The van der Waals surface area contributed by atoms with Gasteiger partial charge in [-0.15, -0.1) is 0 Å². The Morgan fingerprint density at radius 2 is 1.76 bits per heavy atom. The second-order valence-corrected chi connectivity index (χ2v) is 6.09. The largest absolute Gasteiger partial charge is 0.466 e. The molecule has 0 aromatic carbocycles. The minimum atomic E-state index is 0.0597. The topological polar surface area (TPSA) is 62.7 Å². The number of rotatable bonds is 3. The molecule has 1 unspecified atom stereocenters. The van der Waals surface area contributed by atoms with E-state index in [1.54, 1.807) is 0 Å². The van der Waals surface area contributed by atoms with Gasteiger partial charge in [-0.25, -0.2) is 0 Å². The van der Waals surface area contributed by atoms with E-state index in [0.29, 0.717) is 29.4 Å². The molecule has 1 aliphatic heterocycles. The number of piperazine rings is 1. The van der Waals surface area contributed by atoms with Gasteiger partial charge in [0.1, 0.15) is 11.5 Å². The lowest BCUT2D eigenvalue weighted by Crippen LogP contribution is -2.54. The number of furan rings is 1. The van der Waals surface area contributed by atoms with Crippen LogP contribution in [0.25, 0.3) is 0 Å². The van der Waals surface area contributed by atoms with Crippen LogP contribution in [0.1, 0.15) is 34.4 Å². The first kappa shape index (κ1) is 16.0. The first-order valence-corrected chi connectivity index (χ1v) is 7.63. The quantitative estimate of drug-likeness (QED) is 0.860. The molecule has 2 heterocycles. The van der Waals surface area contributed by atoms with Crippen molar-refractivity contribution in [3.8, 4) is 0 Å². The zero-order valence-corrected chi connectivity index (χ0v) is 13.9. The minimum absolute atomic E-state index is 0.0597. The summed E-state index contributed by atoms with van der Waals surface area (Å²) < 4.78 is 5.56. The Morgan fingerprint density at radius 1 is 1.19 bits per heavy atom. The molecule has 1 aromatic rings. The lowest BCUT2D eigenvalue weighted by molar-refractivity contribution is 0.0619. The van der Waals surface area contributed by atoms with E-state index in [9.17, 15) is 4.79 Å². The van der Waals surface area contributed by atoms with Crippen molar-refractivity contribution in [2.24, 2.45) is 5.73 Å². The normalized spacial score (nSPS) is 17.8. The van der Waals surface area contributed by atoms with Gasteiger partial charge in [0, 0.05) is 31.7 Å². The van der Waals surface area contributed by atoms with Crippen LogP contribution < -0.4 is 5.73 Å². The average molecular weight is 309 g/mol. The van der Waals surface area contributed by atoms with Gasteiger partial charge in [-0.1, -0.05) is 12.2 Å². The van der Waals surface area contributed by atoms with E-state index in [1.807, 2.05) is 32.6 Å².